The van der Waals surface area contributed by atoms with Gasteiger partial charge >= 0.3 is 0 Å². The van der Waals surface area contributed by atoms with E-state index in [9.17, 15) is 0 Å². The summed E-state index contributed by atoms with van der Waals surface area (Å²) >= 11 is 1.52. The van der Waals surface area contributed by atoms with Crippen molar-refractivity contribution < 1.29 is 13.9 Å². The molecule has 0 N–H and O–H groups in total. The molecule has 0 aliphatic rings. The average molecular weight is 370 g/mol. The topological polar surface area (TPSA) is 57.4 Å². The lowest BCUT2D eigenvalue weighted by molar-refractivity contribution is 0.394. The number of methoxy groups -OCH3 is 2. The molecule has 0 radical (unpaired) electrons. The molecule has 0 aliphatic heterocycles. The van der Waals surface area contributed by atoms with E-state index in [2.05, 4.69) is 48.3 Å². The molecule has 2 aromatic carbocycles. The van der Waals surface area contributed by atoms with E-state index in [1.165, 1.54) is 22.9 Å². The first-order valence-corrected chi connectivity index (χ1v) is 9.36. The van der Waals surface area contributed by atoms with E-state index in [0.717, 1.165) is 11.3 Å². The molecule has 0 atom stereocenters. The van der Waals surface area contributed by atoms with Gasteiger partial charge in [0.2, 0.25) is 5.89 Å². The highest BCUT2D eigenvalue weighted by Crippen LogP contribution is 2.31. The summed E-state index contributed by atoms with van der Waals surface area (Å²) in [5.41, 5.74) is 3.33. The Hall–Kier alpha value is -2.47. The standard InChI is InChI=1S/C20H22N2O3S/c1-13(2)15-7-5-14(6-8-15)12-26-20-22-21-19(25-20)16-9-17(23-3)11-18(10-16)24-4/h5-11,13H,12H2,1-4H3. The van der Waals surface area contributed by atoms with E-state index in [4.69, 9.17) is 13.9 Å². The minimum Gasteiger partial charge on any atom is -0.497 e. The lowest BCUT2D eigenvalue weighted by Crippen LogP contribution is -1.88. The molecule has 1 aromatic heterocycles. The first kappa shape index (κ1) is 18.3. The monoisotopic (exact) mass is 370 g/mol. The summed E-state index contributed by atoms with van der Waals surface area (Å²) < 4.78 is 16.3. The highest BCUT2D eigenvalue weighted by atomic mass is 32.2. The zero-order chi connectivity index (χ0) is 18.5. The maximum absolute atomic E-state index is 5.78. The van der Waals surface area contributed by atoms with E-state index in [0.29, 0.717) is 28.5 Å². The smallest absolute Gasteiger partial charge is 0.277 e. The van der Waals surface area contributed by atoms with Gasteiger partial charge in [-0.2, -0.15) is 0 Å². The minimum absolute atomic E-state index is 0.444. The van der Waals surface area contributed by atoms with Crippen molar-refractivity contribution in [1.29, 1.82) is 0 Å². The van der Waals surface area contributed by atoms with E-state index < -0.39 is 0 Å². The predicted octanol–water partition coefficient (Wildman–Crippen LogP) is 5.17. The maximum Gasteiger partial charge on any atom is 0.277 e. The Labute approximate surface area is 157 Å². The Kier molecular flexibility index (Phi) is 5.83. The van der Waals surface area contributed by atoms with Crippen molar-refractivity contribution in [3.8, 4) is 23.0 Å². The Balaban J connectivity index is 1.70. The van der Waals surface area contributed by atoms with Gasteiger partial charge in [0.25, 0.3) is 5.22 Å². The molecule has 0 saturated heterocycles. The number of rotatable bonds is 7. The highest BCUT2D eigenvalue weighted by molar-refractivity contribution is 7.98. The molecule has 0 unspecified atom stereocenters. The maximum atomic E-state index is 5.78. The molecule has 0 spiro atoms. The molecule has 3 rings (SSSR count). The zero-order valence-corrected chi connectivity index (χ0v) is 16.2. The van der Waals surface area contributed by atoms with E-state index in [-0.39, 0.29) is 0 Å². The van der Waals surface area contributed by atoms with Crippen LogP contribution in [-0.4, -0.2) is 24.4 Å². The number of benzene rings is 2. The molecule has 26 heavy (non-hydrogen) atoms. The molecule has 5 nitrogen and oxygen atoms in total. The third kappa shape index (κ3) is 4.38. The van der Waals surface area contributed by atoms with Crippen LogP contribution in [0.4, 0.5) is 0 Å². The molecule has 0 fully saturated rings. The van der Waals surface area contributed by atoms with Crippen LogP contribution < -0.4 is 9.47 Å². The Morgan fingerprint density at radius 3 is 2.19 bits per heavy atom. The quantitative estimate of drug-likeness (QED) is 0.535. The third-order valence-corrected chi connectivity index (χ3v) is 4.90. The van der Waals surface area contributed by atoms with Crippen molar-refractivity contribution in [1.82, 2.24) is 10.2 Å². The van der Waals surface area contributed by atoms with Gasteiger partial charge in [0.05, 0.1) is 14.2 Å². The van der Waals surface area contributed by atoms with Crippen molar-refractivity contribution >= 4 is 11.8 Å². The van der Waals surface area contributed by atoms with Gasteiger partial charge in [0.15, 0.2) is 0 Å². The van der Waals surface area contributed by atoms with Crippen molar-refractivity contribution in [2.75, 3.05) is 14.2 Å². The molecule has 0 bridgehead atoms. The average Bonchev–Trinajstić information content (AvgIpc) is 3.15. The van der Waals surface area contributed by atoms with Gasteiger partial charge in [-0.25, -0.2) is 0 Å². The summed E-state index contributed by atoms with van der Waals surface area (Å²) in [5, 5.41) is 8.80. The minimum atomic E-state index is 0.444. The van der Waals surface area contributed by atoms with E-state index in [1.807, 2.05) is 12.1 Å². The van der Waals surface area contributed by atoms with Crippen LogP contribution in [0, 0.1) is 0 Å². The fourth-order valence-corrected chi connectivity index (χ4v) is 3.18. The summed E-state index contributed by atoms with van der Waals surface area (Å²) in [4.78, 5) is 0. The van der Waals surface area contributed by atoms with Crippen molar-refractivity contribution in [2.24, 2.45) is 0 Å². The SMILES string of the molecule is COc1cc(OC)cc(-c2nnc(SCc3ccc(C(C)C)cc3)o2)c1. The highest BCUT2D eigenvalue weighted by Gasteiger charge is 2.12. The van der Waals surface area contributed by atoms with Crippen LogP contribution in [0.5, 0.6) is 11.5 Å². The van der Waals surface area contributed by atoms with Crippen LogP contribution in [-0.2, 0) is 5.75 Å². The molecule has 136 valence electrons. The predicted molar refractivity (Wildman–Crippen MR) is 103 cm³/mol. The Morgan fingerprint density at radius 1 is 0.962 bits per heavy atom. The van der Waals surface area contributed by atoms with Gasteiger partial charge in [0, 0.05) is 17.4 Å². The fraction of sp³-hybridized carbons (Fsp3) is 0.300. The summed E-state index contributed by atoms with van der Waals surface area (Å²) in [5.74, 6) is 3.12. The normalized spacial score (nSPS) is 11.0. The molecule has 0 saturated carbocycles. The lowest BCUT2D eigenvalue weighted by Gasteiger charge is -2.06. The summed E-state index contributed by atoms with van der Waals surface area (Å²) in [6.07, 6.45) is 0. The van der Waals surface area contributed by atoms with Crippen LogP contribution in [0.1, 0.15) is 30.9 Å². The molecule has 6 heteroatoms. The second-order valence-corrected chi connectivity index (χ2v) is 7.09. The first-order valence-electron chi connectivity index (χ1n) is 8.37. The van der Waals surface area contributed by atoms with E-state index >= 15 is 0 Å². The van der Waals surface area contributed by atoms with Gasteiger partial charge in [-0.3, -0.25) is 0 Å². The van der Waals surface area contributed by atoms with Crippen LogP contribution in [0.15, 0.2) is 52.1 Å². The van der Waals surface area contributed by atoms with Gasteiger partial charge < -0.3 is 13.9 Å². The summed E-state index contributed by atoms with van der Waals surface area (Å²) in [7, 11) is 3.22. The zero-order valence-electron chi connectivity index (χ0n) is 15.4. The molecular weight excluding hydrogens is 348 g/mol. The number of aromatic nitrogens is 2. The van der Waals surface area contributed by atoms with Gasteiger partial charge in [-0.15, -0.1) is 10.2 Å². The lowest BCUT2D eigenvalue weighted by atomic mass is 10.0. The van der Waals surface area contributed by atoms with Crippen LogP contribution in [0.25, 0.3) is 11.5 Å². The third-order valence-electron chi connectivity index (χ3n) is 4.01. The van der Waals surface area contributed by atoms with Crippen molar-refractivity contribution in [2.45, 2.75) is 30.7 Å². The second-order valence-electron chi connectivity index (χ2n) is 6.16. The van der Waals surface area contributed by atoms with Gasteiger partial charge in [-0.1, -0.05) is 49.9 Å². The van der Waals surface area contributed by atoms with Crippen molar-refractivity contribution in [3.63, 3.8) is 0 Å². The van der Waals surface area contributed by atoms with E-state index in [1.54, 1.807) is 20.3 Å². The largest absolute Gasteiger partial charge is 0.497 e. The number of ether oxygens (including phenoxy) is 2. The summed E-state index contributed by atoms with van der Waals surface area (Å²) in [6.45, 7) is 4.38. The second kappa shape index (κ2) is 8.27. The Morgan fingerprint density at radius 2 is 1.62 bits per heavy atom. The van der Waals surface area contributed by atoms with Gasteiger partial charge in [0.1, 0.15) is 11.5 Å². The molecule has 0 aliphatic carbocycles. The molecular formula is C20H22N2O3S. The number of hydrogen-bond donors (Lipinski definition) is 0. The van der Waals surface area contributed by atoms with Crippen LogP contribution >= 0.6 is 11.8 Å². The van der Waals surface area contributed by atoms with Crippen molar-refractivity contribution in [3.05, 3.63) is 53.6 Å². The summed E-state index contributed by atoms with van der Waals surface area (Å²) in [6, 6.07) is 14.1. The van der Waals surface area contributed by atoms with Crippen LogP contribution in [0.2, 0.25) is 0 Å². The number of nitrogens with zero attached hydrogens (tertiary/aromatic N) is 2. The molecule has 3 aromatic rings. The molecule has 0 amide bonds. The Bertz CT molecular complexity index is 837. The van der Waals surface area contributed by atoms with Gasteiger partial charge in [-0.05, 0) is 29.2 Å². The first-order chi connectivity index (χ1) is 12.6. The van der Waals surface area contributed by atoms with Crippen LogP contribution in [0.3, 0.4) is 0 Å². The number of hydrogen-bond acceptors (Lipinski definition) is 6. The number of thioether (sulfide) groups is 1. The molecule has 1 heterocycles. The fourth-order valence-electron chi connectivity index (χ4n) is 2.46.